The van der Waals surface area contributed by atoms with Crippen LogP contribution in [-0.2, 0) is 6.42 Å². The predicted molar refractivity (Wildman–Crippen MR) is 37.4 cm³/mol. The Hall–Kier alpha value is -0.860. The van der Waals surface area contributed by atoms with Crippen molar-refractivity contribution in [2.75, 3.05) is 0 Å². The van der Waals surface area contributed by atoms with Crippen LogP contribution in [0.4, 0.5) is 0 Å². The molecule has 0 aromatic carbocycles. The van der Waals surface area contributed by atoms with E-state index in [0.717, 1.165) is 18.2 Å². The average molecular weight is 137 g/mol. The minimum absolute atomic E-state index is 0.882. The van der Waals surface area contributed by atoms with Gasteiger partial charge in [-0.3, -0.25) is 0 Å². The SMILES string of the molecule is c1nnc(CC2CCC2)[nH]1. The van der Waals surface area contributed by atoms with Gasteiger partial charge in [-0.15, -0.1) is 10.2 Å². The first-order valence-corrected chi connectivity index (χ1v) is 3.80. The highest BCUT2D eigenvalue weighted by Crippen LogP contribution is 2.28. The lowest BCUT2D eigenvalue weighted by Gasteiger charge is -2.23. The Morgan fingerprint density at radius 1 is 1.60 bits per heavy atom. The largest absolute Gasteiger partial charge is 0.332 e. The van der Waals surface area contributed by atoms with Gasteiger partial charge in [0.05, 0.1) is 0 Å². The molecule has 0 bridgehead atoms. The molecular weight excluding hydrogens is 126 g/mol. The fraction of sp³-hybridized carbons (Fsp3) is 0.714. The van der Waals surface area contributed by atoms with Gasteiger partial charge in [-0.2, -0.15) is 0 Å². The van der Waals surface area contributed by atoms with Crippen molar-refractivity contribution in [2.24, 2.45) is 5.92 Å². The Labute approximate surface area is 59.9 Å². The standard InChI is InChI=1S/C7H11N3/c1-2-6(3-1)4-7-8-5-9-10-7/h5-6H,1-4H2,(H,8,9,10). The minimum Gasteiger partial charge on any atom is -0.332 e. The number of rotatable bonds is 2. The Kier molecular flexibility index (Phi) is 1.42. The molecule has 10 heavy (non-hydrogen) atoms. The molecule has 0 atom stereocenters. The molecule has 0 amide bonds. The molecular formula is C7H11N3. The van der Waals surface area contributed by atoms with Gasteiger partial charge in [0, 0.05) is 6.42 Å². The zero-order chi connectivity index (χ0) is 6.81. The number of aromatic amines is 1. The summed E-state index contributed by atoms with van der Waals surface area (Å²) in [5.74, 6) is 1.93. The first-order valence-electron chi connectivity index (χ1n) is 3.80. The lowest BCUT2D eigenvalue weighted by atomic mass is 9.83. The van der Waals surface area contributed by atoms with Gasteiger partial charge in [-0.05, 0) is 5.92 Å². The molecule has 0 saturated heterocycles. The average Bonchev–Trinajstić information content (AvgIpc) is 2.29. The summed E-state index contributed by atoms with van der Waals surface area (Å²) >= 11 is 0. The van der Waals surface area contributed by atoms with Crippen LogP contribution in [0.3, 0.4) is 0 Å². The van der Waals surface area contributed by atoms with E-state index < -0.39 is 0 Å². The van der Waals surface area contributed by atoms with Crippen molar-refractivity contribution >= 4 is 0 Å². The van der Waals surface area contributed by atoms with Crippen molar-refractivity contribution in [3.63, 3.8) is 0 Å². The Morgan fingerprint density at radius 3 is 3.00 bits per heavy atom. The molecule has 1 fully saturated rings. The van der Waals surface area contributed by atoms with Crippen LogP contribution < -0.4 is 0 Å². The molecule has 0 radical (unpaired) electrons. The van der Waals surface area contributed by atoms with Crippen LogP contribution in [0.1, 0.15) is 25.1 Å². The summed E-state index contributed by atoms with van der Waals surface area (Å²) in [5, 5.41) is 7.66. The smallest absolute Gasteiger partial charge is 0.130 e. The van der Waals surface area contributed by atoms with E-state index in [9.17, 15) is 0 Å². The monoisotopic (exact) mass is 137 g/mol. The lowest BCUT2D eigenvalue weighted by Crippen LogP contribution is -2.14. The second kappa shape index (κ2) is 2.40. The normalized spacial score (nSPS) is 18.8. The number of hydrogen-bond donors (Lipinski definition) is 1. The molecule has 0 aliphatic heterocycles. The summed E-state index contributed by atoms with van der Waals surface area (Å²) in [6.07, 6.45) is 6.90. The minimum atomic E-state index is 0.882. The van der Waals surface area contributed by atoms with Crippen LogP contribution in [0.25, 0.3) is 0 Å². The van der Waals surface area contributed by atoms with E-state index in [1.165, 1.54) is 19.3 Å². The Bertz CT molecular complexity index is 189. The third-order valence-corrected chi connectivity index (χ3v) is 2.17. The Morgan fingerprint density at radius 2 is 2.50 bits per heavy atom. The van der Waals surface area contributed by atoms with Crippen LogP contribution >= 0.6 is 0 Å². The molecule has 1 saturated carbocycles. The molecule has 1 N–H and O–H groups in total. The maximum atomic E-state index is 3.93. The van der Waals surface area contributed by atoms with Crippen LogP contribution in [0.5, 0.6) is 0 Å². The maximum Gasteiger partial charge on any atom is 0.130 e. The summed E-state index contributed by atoms with van der Waals surface area (Å²) < 4.78 is 0. The first kappa shape index (κ1) is 5.89. The second-order valence-electron chi connectivity index (χ2n) is 2.94. The van der Waals surface area contributed by atoms with Crippen LogP contribution in [0.2, 0.25) is 0 Å². The zero-order valence-corrected chi connectivity index (χ0v) is 5.88. The highest BCUT2D eigenvalue weighted by Gasteiger charge is 2.18. The highest BCUT2D eigenvalue weighted by molar-refractivity contribution is 4.86. The third kappa shape index (κ3) is 1.03. The van der Waals surface area contributed by atoms with E-state index in [-0.39, 0.29) is 0 Å². The second-order valence-corrected chi connectivity index (χ2v) is 2.94. The molecule has 1 aromatic heterocycles. The van der Waals surface area contributed by atoms with E-state index in [2.05, 4.69) is 15.2 Å². The number of nitrogens with zero attached hydrogens (tertiary/aromatic N) is 2. The Balaban J connectivity index is 1.90. The van der Waals surface area contributed by atoms with Gasteiger partial charge >= 0.3 is 0 Å². The zero-order valence-electron chi connectivity index (χ0n) is 5.88. The number of hydrogen-bond acceptors (Lipinski definition) is 2. The van der Waals surface area contributed by atoms with Gasteiger partial charge in [0.15, 0.2) is 0 Å². The molecule has 2 rings (SSSR count). The van der Waals surface area contributed by atoms with Crippen molar-refractivity contribution in [2.45, 2.75) is 25.7 Å². The van der Waals surface area contributed by atoms with Gasteiger partial charge in [0.2, 0.25) is 0 Å². The van der Waals surface area contributed by atoms with E-state index in [4.69, 9.17) is 0 Å². The molecule has 1 aromatic rings. The molecule has 1 heterocycles. The maximum absolute atomic E-state index is 3.93. The summed E-state index contributed by atoms with van der Waals surface area (Å²) in [4.78, 5) is 3.01. The summed E-state index contributed by atoms with van der Waals surface area (Å²) in [5.41, 5.74) is 0. The van der Waals surface area contributed by atoms with E-state index in [0.29, 0.717) is 0 Å². The molecule has 3 heteroatoms. The number of nitrogens with one attached hydrogen (secondary N) is 1. The number of H-pyrrole nitrogens is 1. The van der Waals surface area contributed by atoms with Gasteiger partial charge in [0.25, 0.3) is 0 Å². The van der Waals surface area contributed by atoms with E-state index in [1.54, 1.807) is 6.33 Å². The van der Waals surface area contributed by atoms with Crippen molar-refractivity contribution in [3.8, 4) is 0 Å². The highest BCUT2D eigenvalue weighted by atomic mass is 15.2. The number of aromatic nitrogens is 3. The first-order chi connectivity index (χ1) is 4.95. The summed E-state index contributed by atoms with van der Waals surface area (Å²) in [6.45, 7) is 0. The third-order valence-electron chi connectivity index (χ3n) is 2.17. The van der Waals surface area contributed by atoms with Crippen LogP contribution in [-0.4, -0.2) is 15.2 Å². The van der Waals surface area contributed by atoms with Crippen molar-refractivity contribution < 1.29 is 0 Å². The summed E-state index contributed by atoms with van der Waals surface area (Å²) in [7, 11) is 0. The van der Waals surface area contributed by atoms with Gasteiger partial charge in [0.1, 0.15) is 12.2 Å². The molecule has 1 aliphatic rings. The molecule has 54 valence electrons. The topological polar surface area (TPSA) is 41.6 Å². The summed E-state index contributed by atoms with van der Waals surface area (Å²) in [6, 6.07) is 0. The lowest BCUT2D eigenvalue weighted by molar-refractivity contribution is 0.309. The molecule has 0 spiro atoms. The fourth-order valence-corrected chi connectivity index (χ4v) is 1.30. The van der Waals surface area contributed by atoms with Gasteiger partial charge < -0.3 is 4.98 Å². The quantitative estimate of drug-likeness (QED) is 0.664. The van der Waals surface area contributed by atoms with E-state index >= 15 is 0 Å². The fourth-order valence-electron chi connectivity index (χ4n) is 1.30. The van der Waals surface area contributed by atoms with Crippen LogP contribution in [0.15, 0.2) is 6.33 Å². The van der Waals surface area contributed by atoms with Crippen LogP contribution in [0, 0.1) is 5.92 Å². The molecule has 1 aliphatic carbocycles. The van der Waals surface area contributed by atoms with Gasteiger partial charge in [-0.1, -0.05) is 19.3 Å². The van der Waals surface area contributed by atoms with E-state index in [1.807, 2.05) is 0 Å². The predicted octanol–water partition coefficient (Wildman–Crippen LogP) is 1.15. The molecule has 3 nitrogen and oxygen atoms in total. The van der Waals surface area contributed by atoms with Crippen molar-refractivity contribution in [1.82, 2.24) is 15.2 Å². The molecule has 0 unspecified atom stereocenters. The van der Waals surface area contributed by atoms with Gasteiger partial charge in [-0.25, -0.2) is 0 Å². The van der Waals surface area contributed by atoms with Crippen molar-refractivity contribution in [1.29, 1.82) is 0 Å². The van der Waals surface area contributed by atoms with Crippen molar-refractivity contribution in [3.05, 3.63) is 12.2 Å².